The topological polar surface area (TPSA) is 153 Å². The number of esters is 1. The number of aliphatic carboxylic acids is 1. The maximum absolute atomic E-state index is 11.6. The number of carbonyl (C=O) groups is 3. The Morgan fingerprint density at radius 3 is 2.14 bits per heavy atom. The Hall–Kier alpha value is -2.67. The first-order valence-corrected chi connectivity index (χ1v) is 9.38. The monoisotopic (exact) mass is 428 g/mol. The van der Waals surface area contributed by atoms with Crippen molar-refractivity contribution in [2.45, 2.75) is 31.7 Å². The standard InChI is InChI=1S/C13H18N2O5S.C2HF3O2/c1-21(18,19)15-12(16)8-7-11(14)13(17)20-9-10-5-3-2-4-6-10;3-2(4,5)1(6)7/h2-6,11H,7-9,14H2,1H3,(H,15,16);(H,6,7)/t11-;/m0./s1. The quantitative estimate of drug-likeness (QED) is 0.532. The van der Waals surface area contributed by atoms with Gasteiger partial charge in [0.1, 0.15) is 12.6 Å². The summed E-state index contributed by atoms with van der Waals surface area (Å²) in [5, 5.41) is 7.12. The molecule has 0 radical (unpaired) electrons. The Kier molecular flexibility index (Phi) is 10.2. The van der Waals surface area contributed by atoms with E-state index in [-0.39, 0.29) is 19.4 Å². The van der Waals surface area contributed by atoms with Crippen LogP contribution in [0.2, 0.25) is 0 Å². The molecule has 158 valence electrons. The molecule has 0 saturated heterocycles. The van der Waals surface area contributed by atoms with Crippen molar-refractivity contribution in [3.05, 3.63) is 35.9 Å². The molecule has 13 heteroatoms. The van der Waals surface area contributed by atoms with E-state index >= 15 is 0 Å². The van der Waals surface area contributed by atoms with E-state index in [2.05, 4.69) is 0 Å². The van der Waals surface area contributed by atoms with E-state index in [1.165, 1.54) is 0 Å². The Balaban J connectivity index is 0.000000887. The number of ether oxygens (including phenoxy) is 1. The number of alkyl halides is 3. The first-order chi connectivity index (χ1) is 12.7. The maximum Gasteiger partial charge on any atom is 0.490 e. The average molecular weight is 428 g/mol. The summed E-state index contributed by atoms with van der Waals surface area (Å²) < 4.78 is 60.2. The smallest absolute Gasteiger partial charge is 0.475 e. The number of nitrogens with one attached hydrogen (secondary N) is 1. The minimum absolute atomic E-state index is 0.00891. The SMILES string of the molecule is CS(=O)(=O)NC(=O)CC[C@H](N)C(=O)OCc1ccccc1.O=C(O)C(F)(F)F. The molecule has 0 heterocycles. The van der Waals surface area contributed by atoms with E-state index in [1.807, 2.05) is 18.2 Å². The first-order valence-electron chi connectivity index (χ1n) is 7.49. The third kappa shape index (κ3) is 12.6. The third-order valence-corrected chi connectivity index (χ3v) is 3.35. The van der Waals surface area contributed by atoms with E-state index in [4.69, 9.17) is 20.4 Å². The number of benzene rings is 1. The zero-order valence-electron chi connectivity index (χ0n) is 14.6. The summed E-state index contributed by atoms with van der Waals surface area (Å²) in [6.45, 7) is 0.100. The lowest BCUT2D eigenvalue weighted by molar-refractivity contribution is -0.192. The lowest BCUT2D eigenvalue weighted by Gasteiger charge is -2.11. The fraction of sp³-hybridized carbons (Fsp3) is 0.400. The minimum atomic E-state index is -5.08. The molecule has 0 fully saturated rings. The average Bonchev–Trinajstić information content (AvgIpc) is 2.56. The van der Waals surface area contributed by atoms with Gasteiger partial charge >= 0.3 is 18.1 Å². The summed E-state index contributed by atoms with van der Waals surface area (Å²) in [6.07, 6.45) is -4.37. The Labute approximate surface area is 158 Å². The van der Waals surface area contributed by atoms with Crippen LogP contribution in [0.4, 0.5) is 13.2 Å². The Morgan fingerprint density at radius 2 is 1.71 bits per heavy atom. The fourth-order valence-electron chi connectivity index (χ4n) is 1.50. The zero-order valence-corrected chi connectivity index (χ0v) is 15.4. The number of nitrogens with two attached hydrogens (primary N) is 1. The summed E-state index contributed by atoms with van der Waals surface area (Å²) >= 11 is 0. The highest BCUT2D eigenvalue weighted by Gasteiger charge is 2.38. The molecule has 1 amide bonds. The molecule has 0 bridgehead atoms. The van der Waals surface area contributed by atoms with E-state index in [0.717, 1.165) is 11.8 Å². The van der Waals surface area contributed by atoms with Crippen LogP contribution in [0.5, 0.6) is 0 Å². The number of carboxylic acid groups (broad SMARTS) is 1. The highest BCUT2D eigenvalue weighted by atomic mass is 32.2. The van der Waals surface area contributed by atoms with Gasteiger partial charge in [0, 0.05) is 6.42 Å². The Morgan fingerprint density at radius 1 is 1.21 bits per heavy atom. The second kappa shape index (κ2) is 11.2. The van der Waals surface area contributed by atoms with Crippen LogP contribution >= 0.6 is 0 Å². The second-order valence-corrected chi connectivity index (χ2v) is 7.09. The van der Waals surface area contributed by atoms with Gasteiger partial charge in [-0.1, -0.05) is 30.3 Å². The predicted octanol–water partition coefficient (Wildman–Crippen LogP) is 0.546. The Bertz CT molecular complexity index is 768. The number of hydrogen-bond acceptors (Lipinski definition) is 7. The van der Waals surface area contributed by atoms with Gasteiger partial charge in [0.2, 0.25) is 15.9 Å². The number of carboxylic acids is 1. The van der Waals surface area contributed by atoms with Gasteiger partial charge in [0.15, 0.2) is 0 Å². The number of halogens is 3. The van der Waals surface area contributed by atoms with Crippen LogP contribution in [0, 0.1) is 0 Å². The van der Waals surface area contributed by atoms with Crippen LogP contribution < -0.4 is 10.5 Å². The van der Waals surface area contributed by atoms with Gasteiger partial charge < -0.3 is 15.6 Å². The highest BCUT2D eigenvalue weighted by Crippen LogP contribution is 2.13. The van der Waals surface area contributed by atoms with Crippen LogP contribution in [0.25, 0.3) is 0 Å². The van der Waals surface area contributed by atoms with Gasteiger partial charge in [-0.05, 0) is 12.0 Å². The lowest BCUT2D eigenvalue weighted by atomic mass is 10.1. The normalized spacial score (nSPS) is 12.2. The molecule has 1 aromatic carbocycles. The van der Waals surface area contributed by atoms with Crippen LogP contribution in [0.15, 0.2) is 30.3 Å². The summed E-state index contributed by atoms with van der Waals surface area (Å²) in [5.74, 6) is -4.10. The summed E-state index contributed by atoms with van der Waals surface area (Å²) in [6, 6.07) is 8.12. The van der Waals surface area contributed by atoms with Crippen molar-refractivity contribution in [2.75, 3.05) is 6.26 Å². The van der Waals surface area contributed by atoms with Crippen molar-refractivity contribution in [1.82, 2.24) is 4.72 Å². The molecule has 0 aliphatic heterocycles. The second-order valence-electron chi connectivity index (χ2n) is 5.34. The number of rotatable bonds is 7. The van der Waals surface area contributed by atoms with Crippen molar-refractivity contribution < 1.29 is 45.8 Å². The summed E-state index contributed by atoms with van der Waals surface area (Å²) in [5.41, 5.74) is 6.42. The van der Waals surface area contributed by atoms with Crippen LogP contribution in [0.1, 0.15) is 18.4 Å². The molecule has 4 N–H and O–H groups in total. The van der Waals surface area contributed by atoms with Crippen molar-refractivity contribution in [2.24, 2.45) is 5.73 Å². The predicted molar refractivity (Wildman–Crippen MR) is 90.1 cm³/mol. The molecule has 9 nitrogen and oxygen atoms in total. The molecule has 0 unspecified atom stereocenters. The molecule has 0 aliphatic rings. The molecular weight excluding hydrogens is 409 g/mol. The summed E-state index contributed by atoms with van der Waals surface area (Å²) in [4.78, 5) is 31.8. The van der Waals surface area contributed by atoms with E-state index in [9.17, 15) is 31.2 Å². The first kappa shape index (κ1) is 25.3. The number of amides is 1. The largest absolute Gasteiger partial charge is 0.490 e. The molecule has 28 heavy (non-hydrogen) atoms. The van der Waals surface area contributed by atoms with Crippen LogP contribution in [0.3, 0.4) is 0 Å². The highest BCUT2D eigenvalue weighted by molar-refractivity contribution is 7.89. The van der Waals surface area contributed by atoms with Crippen molar-refractivity contribution >= 4 is 27.9 Å². The molecule has 1 atom stereocenters. The van der Waals surface area contributed by atoms with E-state index in [0.29, 0.717) is 0 Å². The minimum Gasteiger partial charge on any atom is -0.475 e. The van der Waals surface area contributed by atoms with Crippen molar-refractivity contribution in [3.63, 3.8) is 0 Å². The van der Waals surface area contributed by atoms with Crippen LogP contribution in [-0.2, 0) is 35.8 Å². The van der Waals surface area contributed by atoms with Gasteiger partial charge in [0.25, 0.3) is 0 Å². The van der Waals surface area contributed by atoms with Gasteiger partial charge in [-0.25, -0.2) is 13.2 Å². The molecule has 0 aliphatic carbocycles. The third-order valence-electron chi connectivity index (χ3n) is 2.75. The van der Waals surface area contributed by atoms with Gasteiger partial charge in [-0.2, -0.15) is 13.2 Å². The fourth-order valence-corrected chi connectivity index (χ4v) is 2.01. The molecule has 0 aromatic heterocycles. The van der Waals surface area contributed by atoms with Crippen LogP contribution in [-0.4, -0.2) is 49.8 Å². The van der Waals surface area contributed by atoms with Crippen molar-refractivity contribution in [1.29, 1.82) is 0 Å². The molecule has 0 saturated carbocycles. The van der Waals surface area contributed by atoms with Gasteiger partial charge in [-0.15, -0.1) is 0 Å². The lowest BCUT2D eigenvalue weighted by Crippen LogP contribution is -2.35. The number of sulfonamides is 1. The van der Waals surface area contributed by atoms with E-state index in [1.54, 1.807) is 16.9 Å². The van der Waals surface area contributed by atoms with E-state index < -0.39 is 40.1 Å². The molecular formula is C15H19F3N2O7S. The zero-order chi connectivity index (χ0) is 22.0. The number of hydrogen-bond donors (Lipinski definition) is 3. The van der Waals surface area contributed by atoms with Gasteiger partial charge in [0.05, 0.1) is 6.26 Å². The molecule has 0 spiro atoms. The molecule has 1 rings (SSSR count). The maximum atomic E-state index is 11.6. The molecule has 1 aromatic rings. The number of carbonyl (C=O) groups excluding carboxylic acids is 2. The summed E-state index contributed by atoms with van der Waals surface area (Å²) in [7, 11) is -3.59. The van der Waals surface area contributed by atoms with Crippen molar-refractivity contribution in [3.8, 4) is 0 Å². The van der Waals surface area contributed by atoms with Gasteiger partial charge in [-0.3, -0.25) is 14.3 Å².